The molecule has 1 saturated heterocycles. The average Bonchev–Trinajstić information content (AvgIpc) is 3.51. The van der Waals surface area contributed by atoms with Crippen LogP contribution in [0, 0.1) is 11.8 Å². The summed E-state index contributed by atoms with van der Waals surface area (Å²) in [5.41, 5.74) is -0.0402. The van der Waals surface area contributed by atoms with E-state index in [9.17, 15) is 24.3 Å². The summed E-state index contributed by atoms with van der Waals surface area (Å²) in [6.45, 7) is 16.2. The number of ether oxygens (including phenoxy) is 1. The summed E-state index contributed by atoms with van der Waals surface area (Å²) in [7, 11) is -0.269. The number of hydrogen-bond donors (Lipinski definition) is 2. The summed E-state index contributed by atoms with van der Waals surface area (Å²) < 4.78 is 12.4. The van der Waals surface area contributed by atoms with Gasteiger partial charge in [-0.05, 0) is 62.8 Å². The minimum Gasteiger partial charge on any atom is -0.476 e. The molecule has 1 unspecified atom stereocenters. The molecule has 1 aromatic heterocycles. The van der Waals surface area contributed by atoms with Gasteiger partial charge in [0.05, 0.1) is 12.1 Å². The Morgan fingerprint density at radius 1 is 1.13 bits per heavy atom. The van der Waals surface area contributed by atoms with Gasteiger partial charge in [-0.3, -0.25) is 19.3 Å². The first kappa shape index (κ1) is 38.8. The van der Waals surface area contributed by atoms with Crippen LogP contribution < -0.4 is 5.32 Å². The van der Waals surface area contributed by atoms with Crippen LogP contribution in [0.25, 0.3) is 0 Å². The molecule has 11 nitrogen and oxygen atoms in total. The molecule has 0 spiro atoms. The van der Waals surface area contributed by atoms with Gasteiger partial charge in [-0.15, -0.1) is 11.3 Å². The molecule has 2 N–H and O–H groups in total. The number of aromatic carboxylic acids is 1. The van der Waals surface area contributed by atoms with E-state index >= 15 is 0 Å². The Balaban J connectivity index is 2.55. The summed E-state index contributed by atoms with van der Waals surface area (Å²) in [4.78, 5) is 59.9. The number of nitrogens with one attached hydrogen (secondary N) is 1. The zero-order chi connectivity index (χ0) is 33.9. The highest BCUT2D eigenvalue weighted by Gasteiger charge is 2.41. The Morgan fingerprint density at radius 3 is 2.27 bits per heavy atom. The van der Waals surface area contributed by atoms with Crippen molar-refractivity contribution >= 4 is 43.4 Å². The summed E-state index contributed by atoms with van der Waals surface area (Å²) in [5.74, 6) is -2.37. The van der Waals surface area contributed by atoms with Crippen molar-refractivity contribution in [2.75, 3.05) is 20.3 Å². The number of thiazole rings is 1. The third-order valence-corrected chi connectivity index (χ3v) is 15.1. The molecule has 2 amide bonds. The van der Waals surface area contributed by atoms with E-state index in [1.54, 1.807) is 4.90 Å². The van der Waals surface area contributed by atoms with E-state index in [1.807, 2.05) is 39.6 Å². The minimum atomic E-state index is -2.21. The maximum Gasteiger partial charge on any atom is 0.355 e. The molecule has 256 valence electrons. The molecule has 1 aliphatic heterocycles. The van der Waals surface area contributed by atoms with Gasteiger partial charge in [0.2, 0.25) is 11.8 Å². The van der Waals surface area contributed by atoms with Gasteiger partial charge in [0.1, 0.15) is 11.0 Å². The van der Waals surface area contributed by atoms with Crippen molar-refractivity contribution in [2.24, 2.45) is 11.8 Å². The van der Waals surface area contributed by atoms with E-state index in [0.29, 0.717) is 17.8 Å². The van der Waals surface area contributed by atoms with Crippen LogP contribution in [0.15, 0.2) is 5.38 Å². The molecule has 0 saturated carbocycles. The molecule has 0 aromatic carbocycles. The highest BCUT2D eigenvalue weighted by atomic mass is 32.1. The molecule has 45 heavy (non-hydrogen) atoms. The molecule has 13 heteroatoms. The predicted octanol–water partition coefficient (Wildman–Crippen LogP) is 5.68. The predicted molar refractivity (Wildman–Crippen MR) is 178 cm³/mol. The first-order valence-corrected chi connectivity index (χ1v) is 20.0. The number of likely N-dealkylation sites (N-methyl/N-ethyl adjacent to an activating group) is 1. The second-order valence-electron chi connectivity index (χ2n) is 12.7. The Bertz CT molecular complexity index is 1120. The number of piperidine rings is 1. The first-order valence-electron chi connectivity index (χ1n) is 16.5. The summed E-state index contributed by atoms with van der Waals surface area (Å²) in [6, 6.07) is 1.07. The van der Waals surface area contributed by atoms with Gasteiger partial charge < -0.3 is 24.5 Å². The van der Waals surface area contributed by atoms with Gasteiger partial charge in [0.25, 0.3) is 0 Å². The normalized spacial score (nSPS) is 18.6. The van der Waals surface area contributed by atoms with Crippen LogP contribution >= 0.6 is 11.3 Å². The fourth-order valence-corrected chi connectivity index (χ4v) is 9.74. The van der Waals surface area contributed by atoms with E-state index in [1.165, 1.54) is 23.6 Å². The SMILES string of the molecule is CCC(C)[C@H](NC(=O)[C@H]1CCCCN1C)C(=O)N(COC(C)=O)[C@H](C[C@@H](O[Si](CC)(CC)CC)c1nc(C(=O)O)cs1)C(C)C. The molecule has 2 rings (SSSR count). The average molecular weight is 669 g/mol. The maximum atomic E-state index is 14.6. The lowest BCUT2D eigenvalue weighted by Crippen LogP contribution is -2.59. The Labute approximate surface area is 274 Å². The van der Waals surface area contributed by atoms with Gasteiger partial charge in [0, 0.05) is 18.3 Å². The van der Waals surface area contributed by atoms with Gasteiger partial charge in [-0.25, -0.2) is 9.78 Å². The van der Waals surface area contributed by atoms with Crippen LogP contribution in [0.4, 0.5) is 0 Å². The van der Waals surface area contributed by atoms with Crippen molar-refractivity contribution in [1.29, 1.82) is 0 Å². The molecule has 2 heterocycles. The number of carbonyl (C=O) groups excluding carboxylic acids is 3. The number of carboxylic acids is 1. The van der Waals surface area contributed by atoms with E-state index in [4.69, 9.17) is 9.16 Å². The standard InChI is InChI=1S/C32H56N4O7SSi/c1-10-22(7)28(34-29(38)25-16-14-15-17-35(25)9)31(39)36(20-42-23(8)37)26(21(5)6)18-27(43-45(11-2,12-3)13-4)30-33-24(19-44-30)32(40)41/h19,21-22,25-28H,10-18,20H2,1-9H3,(H,34,38)(H,40,41)/t22?,25-,26-,27-,28+/m1/s1. The van der Waals surface area contributed by atoms with E-state index < -0.39 is 38.4 Å². The Kier molecular flexibility index (Phi) is 15.6. The third kappa shape index (κ3) is 10.6. The molecule has 0 aliphatic carbocycles. The van der Waals surface area contributed by atoms with E-state index in [0.717, 1.165) is 43.9 Å². The highest BCUT2D eigenvalue weighted by molar-refractivity contribution is 7.09. The fraction of sp³-hybridized carbons (Fsp3) is 0.781. The first-order chi connectivity index (χ1) is 21.2. The second kappa shape index (κ2) is 18.1. The molecule has 1 fully saturated rings. The number of nitrogens with zero attached hydrogens (tertiary/aromatic N) is 3. The molecule has 0 radical (unpaired) electrons. The smallest absolute Gasteiger partial charge is 0.355 e. The number of amides is 2. The molecule has 0 bridgehead atoms. The van der Waals surface area contributed by atoms with Gasteiger partial charge in [-0.1, -0.05) is 61.3 Å². The van der Waals surface area contributed by atoms with E-state index in [2.05, 4.69) is 31.1 Å². The largest absolute Gasteiger partial charge is 0.476 e. The van der Waals surface area contributed by atoms with Crippen molar-refractivity contribution in [3.05, 3.63) is 16.1 Å². The number of rotatable bonds is 18. The molecule has 1 aromatic rings. The molecular formula is C32H56N4O7SSi. The zero-order valence-corrected chi connectivity index (χ0v) is 30.6. The van der Waals surface area contributed by atoms with Gasteiger partial charge in [-0.2, -0.15) is 0 Å². The lowest BCUT2D eigenvalue weighted by Gasteiger charge is -2.41. The maximum absolute atomic E-state index is 14.6. The molecule has 1 aliphatic rings. The summed E-state index contributed by atoms with van der Waals surface area (Å²) in [5, 5.41) is 14.8. The number of esters is 1. The quantitative estimate of drug-likeness (QED) is 0.115. The number of likely N-dealkylation sites (tertiary alicyclic amines) is 1. The van der Waals surface area contributed by atoms with Crippen LogP contribution in [-0.4, -0.2) is 90.4 Å². The fourth-order valence-electron chi connectivity index (χ4n) is 6.01. The van der Waals surface area contributed by atoms with Crippen molar-refractivity contribution in [3.63, 3.8) is 0 Å². The van der Waals surface area contributed by atoms with Gasteiger partial charge in [0.15, 0.2) is 20.7 Å². The zero-order valence-electron chi connectivity index (χ0n) is 28.8. The lowest BCUT2D eigenvalue weighted by atomic mass is 9.92. The number of carboxylic acid groups (broad SMARTS) is 1. The van der Waals surface area contributed by atoms with Crippen LogP contribution in [-0.2, 0) is 23.5 Å². The topological polar surface area (TPSA) is 138 Å². The monoisotopic (exact) mass is 668 g/mol. The van der Waals surface area contributed by atoms with Crippen LogP contribution in [0.3, 0.4) is 0 Å². The lowest BCUT2D eigenvalue weighted by molar-refractivity contribution is -0.158. The van der Waals surface area contributed by atoms with Crippen LogP contribution in [0.2, 0.25) is 18.1 Å². The Hall–Kier alpha value is -2.35. The number of carbonyl (C=O) groups is 4. The van der Waals surface area contributed by atoms with Crippen LogP contribution in [0.5, 0.6) is 0 Å². The van der Waals surface area contributed by atoms with Crippen molar-refractivity contribution in [3.8, 4) is 0 Å². The van der Waals surface area contributed by atoms with Crippen molar-refractivity contribution in [2.45, 2.75) is 130 Å². The summed E-state index contributed by atoms with van der Waals surface area (Å²) in [6.07, 6.45) is 3.16. The van der Waals surface area contributed by atoms with Gasteiger partial charge >= 0.3 is 11.9 Å². The van der Waals surface area contributed by atoms with Crippen molar-refractivity contribution in [1.82, 2.24) is 20.1 Å². The summed E-state index contributed by atoms with van der Waals surface area (Å²) >= 11 is 1.24. The number of hydrogen-bond acceptors (Lipinski definition) is 9. The molecule has 5 atom stereocenters. The highest BCUT2D eigenvalue weighted by Crippen LogP contribution is 2.36. The second-order valence-corrected chi connectivity index (χ2v) is 18.3. The third-order valence-electron chi connectivity index (χ3n) is 9.51. The van der Waals surface area contributed by atoms with Crippen LogP contribution in [0.1, 0.15) is 109 Å². The van der Waals surface area contributed by atoms with Crippen molar-refractivity contribution < 1.29 is 33.4 Å². The van der Waals surface area contributed by atoms with E-state index in [-0.39, 0.29) is 42.1 Å². The minimum absolute atomic E-state index is 0.0402. The Morgan fingerprint density at radius 2 is 1.78 bits per heavy atom. The molecular weight excluding hydrogens is 613 g/mol. The number of aromatic nitrogens is 1.